The number of pyridine rings is 1. The Labute approximate surface area is 200 Å². The fourth-order valence-electron chi connectivity index (χ4n) is 3.65. The molecule has 0 amide bonds. The summed E-state index contributed by atoms with van der Waals surface area (Å²) in [5, 5.41) is 32.6. The molecule has 0 spiro atoms. The van der Waals surface area contributed by atoms with Crippen molar-refractivity contribution >= 4 is 5.69 Å². The summed E-state index contributed by atoms with van der Waals surface area (Å²) < 4.78 is 16.7. The highest BCUT2D eigenvalue weighted by molar-refractivity contribution is 5.87. The number of ether oxygens (including phenoxy) is 3. The average Bonchev–Trinajstić information content (AvgIpc) is 2.88. The van der Waals surface area contributed by atoms with Gasteiger partial charge in [0.15, 0.2) is 23.0 Å². The topological polar surface area (TPSA) is 124 Å². The van der Waals surface area contributed by atoms with Crippen LogP contribution in [0.4, 0.5) is 5.69 Å². The number of nitrogens with zero attached hydrogens (tertiary/aromatic N) is 2. The fourth-order valence-corrected chi connectivity index (χ4v) is 3.65. The maximum Gasteiger partial charge on any atom is 0.287 e. The summed E-state index contributed by atoms with van der Waals surface area (Å²) in [7, 11) is 2.83. The van der Waals surface area contributed by atoms with Crippen molar-refractivity contribution in [2.75, 3.05) is 14.2 Å². The molecule has 3 aromatic carbocycles. The van der Waals surface area contributed by atoms with Crippen LogP contribution in [-0.2, 0) is 6.61 Å². The fraction of sp³-hybridized carbons (Fsp3) is 0.115. The van der Waals surface area contributed by atoms with E-state index < -0.39 is 4.92 Å². The van der Waals surface area contributed by atoms with E-state index in [1.54, 1.807) is 18.2 Å². The SMILES string of the molecule is COc1cc(-c2ccc([N+](=O)[O-])cn2)c(OC)c(O)c1-c1ccc(OCc2ccccc2)c(O)c1. The van der Waals surface area contributed by atoms with E-state index in [2.05, 4.69) is 4.98 Å². The van der Waals surface area contributed by atoms with E-state index in [-0.39, 0.29) is 41.0 Å². The van der Waals surface area contributed by atoms with E-state index in [0.717, 1.165) is 11.8 Å². The van der Waals surface area contributed by atoms with Gasteiger partial charge in [-0.1, -0.05) is 36.4 Å². The molecule has 178 valence electrons. The third-order valence-corrected chi connectivity index (χ3v) is 5.36. The number of nitro groups is 1. The predicted octanol–water partition coefficient (Wildman–Crippen LogP) is 5.33. The van der Waals surface area contributed by atoms with E-state index in [0.29, 0.717) is 22.4 Å². The second-order valence-electron chi connectivity index (χ2n) is 7.50. The first-order valence-electron chi connectivity index (χ1n) is 10.5. The molecule has 9 nitrogen and oxygen atoms in total. The van der Waals surface area contributed by atoms with E-state index in [1.807, 2.05) is 30.3 Å². The molecule has 2 N–H and O–H groups in total. The van der Waals surface area contributed by atoms with Crippen molar-refractivity contribution in [2.45, 2.75) is 6.61 Å². The van der Waals surface area contributed by atoms with Crippen molar-refractivity contribution < 1.29 is 29.3 Å². The molecule has 1 aromatic heterocycles. The van der Waals surface area contributed by atoms with Gasteiger partial charge in [0, 0.05) is 11.6 Å². The van der Waals surface area contributed by atoms with E-state index in [4.69, 9.17) is 14.2 Å². The normalized spacial score (nSPS) is 10.6. The van der Waals surface area contributed by atoms with Crippen LogP contribution in [0.3, 0.4) is 0 Å². The monoisotopic (exact) mass is 474 g/mol. The Balaban J connectivity index is 1.71. The van der Waals surface area contributed by atoms with Gasteiger partial charge in [-0.05, 0) is 35.4 Å². The Morgan fingerprint density at radius 2 is 1.71 bits per heavy atom. The molecule has 0 aliphatic heterocycles. The summed E-state index contributed by atoms with van der Waals surface area (Å²) in [6.07, 6.45) is 1.12. The minimum Gasteiger partial charge on any atom is -0.504 e. The minimum absolute atomic E-state index is 0.103. The molecule has 35 heavy (non-hydrogen) atoms. The Morgan fingerprint density at radius 1 is 0.943 bits per heavy atom. The van der Waals surface area contributed by atoms with Gasteiger partial charge in [-0.2, -0.15) is 0 Å². The van der Waals surface area contributed by atoms with Crippen molar-refractivity contribution in [1.82, 2.24) is 4.98 Å². The van der Waals surface area contributed by atoms with Crippen molar-refractivity contribution in [3.8, 4) is 51.1 Å². The number of hydrogen-bond donors (Lipinski definition) is 2. The van der Waals surface area contributed by atoms with Gasteiger partial charge in [0.05, 0.1) is 30.4 Å². The largest absolute Gasteiger partial charge is 0.504 e. The molecular weight excluding hydrogens is 452 g/mol. The molecule has 0 atom stereocenters. The number of rotatable bonds is 8. The lowest BCUT2D eigenvalue weighted by atomic mass is 9.98. The summed E-state index contributed by atoms with van der Waals surface area (Å²) >= 11 is 0. The summed E-state index contributed by atoms with van der Waals surface area (Å²) in [5.41, 5.74) is 2.28. The predicted molar refractivity (Wildman–Crippen MR) is 129 cm³/mol. The number of methoxy groups -OCH3 is 2. The van der Waals surface area contributed by atoms with Gasteiger partial charge < -0.3 is 24.4 Å². The van der Waals surface area contributed by atoms with Crippen molar-refractivity contribution in [3.63, 3.8) is 0 Å². The standard InChI is InChI=1S/C26H22N2O7/c1-33-23-13-19(20-10-9-18(14-27-20)28(31)32)26(34-2)25(30)24(23)17-8-11-22(21(29)12-17)35-15-16-6-4-3-5-7-16/h3-14,29-30H,15H2,1-2H3. The molecule has 1 heterocycles. The Kier molecular flexibility index (Phi) is 6.68. The second kappa shape index (κ2) is 10.0. The number of phenols is 2. The third kappa shape index (κ3) is 4.79. The van der Waals surface area contributed by atoms with Gasteiger partial charge >= 0.3 is 0 Å². The molecule has 0 bridgehead atoms. The molecule has 4 aromatic rings. The molecule has 0 saturated heterocycles. The van der Waals surface area contributed by atoms with Crippen LogP contribution < -0.4 is 14.2 Å². The van der Waals surface area contributed by atoms with Crippen LogP contribution in [0.25, 0.3) is 22.4 Å². The zero-order valence-electron chi connectivity index (χ0n) is 19.0. The highest BCUT2D eigenvalue weighted by Gasteiger charge is 2.23. The maximum absolute atomic E-state index is 11.1. The Hall–Kier alpha value is -4.79. The maximum atomic E-state index is 11.1. The molecule has 0 aliphatic carbocycles. The first-order valence-corrected chi connectivity index (χ1v) is 10.5. The highest BCUT2D eigenvalue weighted by atomic mass is 16.6. The Bertz CT molecular complexity index is 1360. The quantitative estimate of drug-likeness (QED) is 0.259. The van der Waals surface area contributed by atoms with Crippen LogP contribution in [0.2, 0.25) is 0 Å². The van der Waals surface area contributed by atoms with Crippen LogP contribution >= 0.6 is 0 Å². The van der Waals surface area contributed by atoms with Gasteiger partial charge in [0.2, 0.25) is 0 Å². The molecule has 0 aliphatic rings. The van der Waals surface area contributed by atoms with Gasteiger partial charge in [-0.25, -0.2) is 4.98 Å². The van der Waals surface area contributed by atoms with Crippen LogP contribution in [0.1, 0.15) is 5.56 Å². The van der Waals surface area contributed by atoms with Gasteiger partial charge in [0.1, 0.15) is 18.6 Å². The molecule has 0 radical (unpaired) electrons. The summed E-state index contributed by atoms with van der Waals surface area (Å²) in [6.45, 7) is 0.285. The first kappa shape index (κ1) is 23.4. The van der Waals surface area contributed by atoms with E-state index in [1.165, 1.54) is 32.4 Å². The molecule has 0 unspecified atom stereocenters. The highest BCUT2D eigenvalue weighted by Crippen LogP contribution is 2.50. The number of aromatic hydroxyl groups is 2. The van der Waals surface area contributed by atoms with Crippen LogP contribution in [0.5, 0.6) is 28.7 Å². The van der Waals surface area contributed by atoms with Crippen molar-refractivity contribution in [2.24, 2.45) is 0 Å². The lowest BCUT2D eigenvalue weighted by Crippen LogP contribution is -1.98. The van der Waals surface area contributed by atoms with Gasteiger partial charge in [0.25, 0.3) is 5.69 Å². The lowest BCUT2D eigenvalue weighted by molar-refractivity contribution is -0.385. The van der Waals surface area contributed by atoms with Crippen LogP contribution in [0.15, 0.2) is 72.9 Å². The number of benzene rings is 3. The smallest absolute Gasteiger partial charge is 0.287 e. The van der Waals surface area contributed by atoms with Gasteiger partial charge in [-0.15, -0.1) is 0 Å². The molecule has 9 heteroatoms. The molecule has 4 rings (SSSR count). The van der Waals surface area contributed by atoms with E-state index in [9.17, 15) is 20.3 Å². The zero-order chi connectivity index (χ0) is 24.9. The summed E-state index contributed by atoms with van der Waals surface area (Å²) in [6, 6.07) is 18.7. The minimum atomic E-state index is -0.547. The van der Waals surface area contributed by atoms with Crippen molar-refractivity contribution in [1.29, 1.82) is 0 Å². The average molecular weight is 474 g/mol. The number of phenolic OH excluding ortho intramolecular Hbond substituents is 2. The Morgan fingerprint density at radius 3 is 2.31 bits per heavy atom. The zero-order valence-corrected chi connectivity index (χ0v) is 19.0. The second-order valence-corrected chi connectivity index (χ2v) is 7.50. The summed E-state index contributed by atoms with van der Waals surface area (Å²) in [5.74, 6) is 0.330. The van der Waals surface area contributed by atoms with Crippen LogP contribution in [0, 0.1) is 10.1 Å². The lowest BCUT2D eigenvalue weighted by Gasteiger charge is -2.18. The third-order valence-electron chi connectivity index (χ3n) is 5.36. The van der Waals surface area contributed by atoms with Crippen LogP contribution in [-0.4, -0.2) is 34.3 Å². The molecule has 0 saturated carbocycles. The van der Waals surface area contributed by atoms with Crippen molar-refractivity contribution in [3.05, 3.63) is 88.6 Å². The number of aromatic nitrogens is 1. The van der Waals surface area contributed by atoms with E-state index >= 15 is 0 Å². The first-order chi connectivity index (χ1) is 16.9. The summed E-state index contributed by atoms with van der Waals surface area (Å²) in [4.78, 5) is 14.5. The molecule has 0 fully saturated rings. The number of hydrogen-bond acceptors (Lipinski definition) is 8. The molecular formula is C26H22N2O7. The van der Waals surface area contributed by atoms with Gasteiger partial charge in [-0.3, -0.25) is 10.1 Å².